The Balaban J connectivity index is 1.08. The van der Waals surface area contributed by atoms with E-state index in [0.29, 0.717) is 31.3 Å². The highest BCUT2D eigenvalue weighted by molar-refractivity contribution is 5.99. The number of ether oxygens (including phenoxy) is 1. The summed E-state index contributed by atoms with van der Waals surface area (Å²) < 4.78 is 5.48. The van der Waals surface area contributed by atoms with Gasteiger partial charge >= 0.3 is 6.03 Å². The predicted octanol–water partition coefficient (Wildman–Crippen LogP) is 3.77. The fourth-order valence-corrected chi connectivity index (χ4v) is 5.40. The first-order valence-electron chi connectivity index (χ1n) is 14.0. The Kier molecular flexibility index (Phi) is 7.95. The van der Waals surface area contributed by atoms with Crippen molar-refractivity contribution in [2.45, 2.75) is 18.9 Å². The molecule has 2 aliphatic heterocycles. The fraction of sp³-hybridized carbons (Fsp3) is 0.300. The quantitative estimate of drug-likeness (QED) is 0.248. The van der Waals surface area contributed by atoms with Gasteiger partial charge in [0.1, 0.15) is 23.6 Å². The standard InChI is InChI=1S/C30H33N9O3/c1-2-27(40)34-22-4-3-11-39(18-22)23-9-10-31-26(16-23)37-30(41)35-21-7-5-20(6-8-21)25-17-24-28(36-25)32-19-33-29(24)38-12-14-42-15-13-38/h2,5-10,16-17,19,22H,1,3-4,11-15,18H2,(H,34,40)(H,32,33,36)(H2,31,35,37,41). The number of carbonyl (C=O) groups is 2. The summed E-state index contributed by atoms with van der Waals surface area (Å²) >= 11 is 0. The van der Waals surface area contributed by atoms with E-state index in [4.69, 9.17) is 4.74 Å². The number of carbonyl (C=O) groups excluding carboxylic acids is 2. The number of fused-ring (bicyclic) bond motifs is 1. The van der Waals surface area contributed by atoms with Crippen LogP contribution in [-0.4, -0.2) is 77.3 Å². The van der Waals surface area contributed by atoms with E-state index in [-0.39, 0.29) is 11.9 Å². The smallest absolute Gasteiger partial charge is 0.324 e. The van der Waals surface area contributed by atoms with Crippen LogP contribution >= 0.6 is 0 Å². The number of aromatic nitrogens is 4. The molecule has 12 heteroatoms. The van der Waals surface area contributed by atoms with Crippen molar-refractivity contribution in [3.8, 4) is 11.3 Å². The van der Waals surface area contributed by atoms with Gasteiger partial charge in [-0.05, 0) is 48.7 Å². The number of H-pyrrole nitrogens is 1. The molecule has 216 valence electrons. The molecule has 2 aliphatic rings. The summed E-state index contributed by atoms with van der Waals surface area (Å²) in [5.41, 5.74) is 4.24. The molecule has 12 nitrogen and oxygen atoms in total. The van der Waals surface area contributed by atoms with Crippen LogP contribution in [0, 0.1) is 0 Å². The van der Waals surface area contributed by atoms with E-state index in [1.165, 1.54) is 6.08 Å². The van der Waals surface area contributed by atoms with Crippen LogP contribution in [0.1, 0.15) is 12.8 Å². The summed E-state index contributed by atoms with van der Waals surface area (Å²) in [4.78, 5) is 45.5. The number of hydrogen-bond acceptors (Lipinski definition) is 8. The lowest BCUT2D eigenvalue weighted by molar-refractivity contribution is -0.117. The van der Waals surface area contributed by atoms with Crippen LogP contribution in [0.5, 0.6) is 0 Å². The summed E-state index contributed by atoms with van der Waals surface area (Å²) in [5.74, 6) is 1.17. The van der Waals surface area contributed by atoms with E-state index in [0.717, 1.165) is 66.3 Å². The molecule has 5 heterocycles. The maximum Gasteiger partial charge on any atom is 0.324 e. The van der Waals surface area contributed by atoms with E-state index < -0.39 is 6.03 Å². The third-order valence-corrected chi connectivity index (χ3v) is 7.47. The van der Waals surface area contributed by atoms with Crippen molar-refractivity contribution < 1.29 is 14.3 Å². The number of aromatic amines is 1. The third kappa shape index (κ3) is 6.18. The minimum atomic E-state index is -0.391. The van der Waals surface area contributed by atoms with Crippen LogP contribution in [0.25, 0.3) is 22.3 Å². The van der Waals surface area contributed by atoms with Gasteiger partial charge in [-0.15, -0.1) is 0 Å². The van der Waals surface area contributed by atoms with Crippen LogP contribution in [0.2, 0.25) is 0 Å². The van der Waals surface area contributed by atoms with E-state index in [1.54, 1.807) is 12.5 Å². The molecule has 2 saturated heterocycles. The predicted molar refractivity (Wildman–Crippen MR) is 163 cm³/mol. The Bertz CT molecular complexity index is 1580. The van der Waals surface area contributed by atoms with Crippen LogP contribution in [0.3, 0.4) is 0 Å². The van der Waals surface area contributed by atoms with Crippen molar-refractivity contribution in [3.63, 3.8) is 0 Å². The summed E-state index contributed by atoms with van der Waals surface area (Å²) in [7, 11) is 0. The summed E-state index contributed by atoms with van der Waals surface area (Å²) in [6, 6.07) is 13.0. The number of anilines is 4. The molecule has 0 saturated carbocycles. The molecule has 6 rings (SSSR count). The van der Waals surface area contributed by atoms with E-state index >= 15 is 0 Å². The monoisotopic (exact) mass is 567 g/mol. The molecule has 1 aromatic carbocycles. The topological polar surface area (TPSA) is 140 Å². The minimum absolute atomic E-state index is 0.0456. The first-order chi connectivity index (χ1) is 20.6. The largest absolute Gasteiger partial charge is 0.378 e. The van der Waals surface area contributed by atoms with Crippen LogP contribution < -0.4 is 25.8 Å². The normalized spacial score (nSPS) is 17.1. The lowest BCUT2D eigenvalue weighted by Crippen LogP contribution is -2.47. The van der Waals surface area contributed by atoms with Crippen LogP contribution in [0.4, 0.5) is 27.8 Å². The molecule has 4 aromatic rings. The van der Waals surface area contributed by atoms with Gasteiger partial charge in [-0.3, -0.25) is 10.1 Å². The Hall–Kier alpha value is -4.97. The second-order valence-corrected chi connectivity index (χ2v) is 10.3. The summed E-state index contributed by atoms with van der Waals surface area (Å²) in [6.07, 6.45) is 6.40. The number of hydrogen-bond donors (Lipinski definition) is 4. The zero-order valence-electron chi connectivity index (χ0n) is 23.2. The van der Waals surface area contributed by atoms with Gasteiger partial charge in [-0.2, -0.15) is 0 Å². The highest BCUT2D eigenvalue weighted by Gasteiger charge is 2.22. The Labute approximate surface area is 243 Å². The van der Waals surface area contributed by atoms with Crippen molar-refractivity contribution in [2.24, 2.45) is 0 Å². The van der Waals surface area contributed by atoms with Gasteiger partial charge in [0.25, 0.3) is 0 Å². The molecule has 0 aliphatic carbocycles. The first kappa shape index (κ1) is 27.2. The summed E-state index contributed by atoms with van der Waals surface area (Å²) in [5, 5.41) is 9.62. The van der Waals surface area contributed by atoms with Crippen molar-refractivity contribution >= 4 is 46.0 Å². The van der Waals surface area contributed by atoms with Gasteiger partial charge in [0.05, 0.1) is 18.6 Å². The van der Waals surface area contributed by atoms with Gasteiger partial charge in [0.15, 0.2) is 0 Å². The van der Waals surface area contributed by atoms with Gasteiger partial charge in [0.2, 0.25) is 5.91 Å². The van der Waals surface area contributed by atoms with E-state index in [1.807, 2.05) is 36.4 Å². The van der Waals surface area contributed by atoms with Gasteiger partial charge in [0, 0.05) is 61.6 Å². The zero-order chi connectivity index (χ0) is 28.9. The molecular weight excluding hydrogens is 534 g/mol. The molecule has 1 unspecified atom stereocenters. The molecule has 2 fully saturated rings. The number of nitrogens with zero attached hydrogens (tertiary/aromatic N) is 5. The number of morpholine rings is 1. The molecule has 4 N–H and O–H groups in total. The summed E-state index contributed by atoms with van der Waals surface area (Å²) in [6.45, 7) is 8.02. The van der Waals surface area contributed by atoms with Crippen LogP contribution in [0.15, 0.2) is 67.6 Å². The van der Waals surface area contributed by atoms with Crippen molar-refractivity contribution in [2.75, 3.05) is 59.8 Å². The lowest BCUT2D eigenvalue weighted by atomic mass is 10.0. The Morgan fingerprint density at radius 1 is 1.00 bits per heavy atom. The minimum Gasteiger partial charge on any atom is -0.378 e. The maximum atomic E-state index is 12.8. The Morgan fingerprint density at radius 2 is 1.83 bits per heavy atom. The maximum absolute atomic E-state index is 12.8. The van der Waals surface area contributed by atoms with Gasteiger partial charge < -0.3 is 30.2 Å². The van der Waals surface area contributed by atoms with Crippen molar-refractivity contribution in [1.82, 2.24) is 25.3 Å². The number of rotatable bonds is 7. The van der Waals surface area contributed by atoms with E-state index in [2.05, 4.69) is 58.3 Å². The fourth-order valence-electron chi connectivity index (χ4n) is 5.40. The zero-order valence-corrected chi connectivity index (χ0v) is 23.2. The molecule has 0 bridgehead atoms. The molecular formula is C30H33N9O3. The second kappa shape index (κ2) is 12.3. The second-order valence-electron chi connectivity index (χ2n) is 10.3. The highest BCUT2D eigenvalue weighted by Crippen LogP contribution is 2.30. The average molecular weight is 568 g/mol. The Morgan fingerprint density at radius 3 is 2.64 bits per heavy atom. The SMILES string of the molecule is C=CC(=O)NC1CCCN(c2ccnc(NC(=O)Nc3ccc(-c4cc5c(N6CCOCC6)ncnc5[nH]4)cc3)c2)C1. The third-order valence-electron chi connectivity index (χ3n) is 7.47. The van der Waals surface area contributed by atoms with E-state index in [9.17, 15) is 9.59 Å². The molecule has 42 heavy (non-hydrogen) atoms. The number of nitrogens with one attached hydrogen (secondary N) is 4. The first-order valence-corrected chi connectivity index (χ1v) is 14.0. The number of piperidine rings is 1. The van der Waals surface area contributed by atoms with Crippen molar-refractivity contribution in [1.29, 1.82) is 0 Å². The number of pyridine rings is 1. The number of benzene rings is 1. The van der Waals surface area contributed by atoms with Crippen LogP contribution in [-0.2, 0) is 9.53 Å². The van der Waals surface area contributed by atoms with Crippen molar-refractivity contribution in [3.05, 3.63) is 67.6 Å². The van der Waals surface area contributed by atoms with Gasteiger partial charge in [-0.1, -0.05) is 18.7 Å². The molecule has 0 spiro atoms. The number of amides is 3. The number of urea groups is 1. The highest BCUT2D eigenvalue weighted by atomic mass is 16.5. The molecule has 0 radical (unpaired) electrons. The molecule has 3 amide bonds. The molecule has 1 atom stereocenters. The lowest BCUT2D eigenvalue weighted by Gasteiger charge is -2.34. The molecule has 3 aromatic heterocycles. The van der Waals surface area contributed by atoms with Gasteiger partial charge in [-0.25, -0.2) is 19.7 Å². The average Bonchev–Trinajstić information content (AvgIpc) is 3.47.